The summed E-state index contributed by atoms with van der Waals surface area (Å²) in [5, 5.41) is 20.6. The van der Waals surface area contributed by atoms with Gasteiger partial charge in [0.05, 0.1) is 73.5 Å². The van der Waals surface area contributed by atoms with E-state index >= 15 is 0 Å². The summed E-state index contributed by atoms with van der Waals surface area (Å²) in [6, 6.07) is 36.0. The predicted octanol–water partition coefficient (Wildman–Crippen LogP) is 10.0. The Morgan fingerprint density at radius 1 is 0.580 bits per heavy atom. The highest BCUT2D eigenvalue weighted by molar-refractivity contribution is 6.31. The minimum atomic E-state index is -0.173. The molecular weight excluding hydrogens is 857 g/mol. The van der Waals surface area contributed by atoms with E-state index in [1.807, 2.05) is 89.9 Å². The zero-order valence-electron chi connectivity index (χ0n) is 43.8. The summed E-state index contributed by atoms with van der Waals surface area (Å²) in [5.41, 5.74) is 11.3. The van der Waals surface area contributed by atoms with Crippen molar-refractivity contribution in [2.75, 3.05) is 69.6 Å². The van der Waals surface area contributed by atoms with Crippen molar-refractivity contribution < 1.29 is 27.7 Å². The highest BCUT2D eigenvalue weighted by atomic mass is 16.1. The molecule has 362 valence electrons. The second kappa shape index (κ2) is 23.3. The number of carbonyl (C=O) groups is 2. The maximum Gasteiger partial charge on any atom is 0.277 e. The summed E-state index contributed by atoms with van der Waals surface area (Å²) in [6.07, 6.45) is 8.16. The van der Waals surface area contributed by atoms with Gasteiger partial charge in [-0.1, -0.05) is 87.4 Å². The normalized spacial score (nSPS) is 12.9. The maximum atomic E-state index is 14.7. The number of hydrazone groups is 2. The van der Waals surface area contributed by atoms with Gasteiger partial charge in [-0.15, -0.1) is 0 Å². The number of carbonyl (C=O) groups excluding carboxylic acids is 2. The Hall–Kier alpha value is -7.02. The highest BCUT2D eigenvalue weighted by Crippen LogP contribution is 2.36. The first kappa shape index (κ1) is 52.9. The molecule has 0 aliphatic heterocycles. The van der Waals surface area contributed by atoms with E-state index in [-0.39, 0.29) is 17.7 Å². The third-order valence-corrected chi connectivity index (χ3v) is 12.3. The van der Waals surface area contributed by atoms with Crippen LogP contribution in [0.15, 0.2) is 144 Å². The number of quaternary nitrogens is 2. The van der Waals surface area contributed by atoms with Crippen molar-refractivity contribution in [3.63, 3.8) is 0 Å². The van der Waals surface area contributed by atoms with E-state index in [2.05, 4.69) is 166 Å². The number of aryl methyl sites for hydroxylation is 2. The molecule has 7 rings (SSSR count). The summed E-state index contributed by atoms with van der Waals surface area (Å²) in [4.78, 5) is 28.8. The molecule has 2 heterocycles. The van der Waals surface area contributed by atoms with E-state index < -0.39 is 0 Å². The Bertz CT molecular complexity index is 2740. The number of rotatable bonds is 16. The van der Waals surface area contributed by atoms with Crippen LogP contribution in [0, 0.1) is 13.8 Å². The molecule has 0 spiro atoms. The smallest absolute Gasteiger partial charge is 0.277 e. The average molecular weight is 933 g/mol. The fourth-order valence-corrected chi connectivity index (χ4v) is 8.03. The van der Waals surface area contributed by atoms with Crippen LogP contribution in [0.2, 0.25) is 0 Å². The molecule has 0 saturated heterocycles. The van der Waals surface area contributed by atoms with Crippen LogP contribution in [0.25, 0.3) is 0 Å². The Morgan fingerprint density at radius 3 is 1.43 bits per heavy atom. The van der Waals surface area contributed by atoms with E-state index in [9.17, 15) is 9.59 Å². The monoisotopic (exact) mass is 933 g/mol. The van der Waals surface area contributed by atoms with Crippen LogP contribution in [-0.4, -0.2) is 87.1 Å². The van der Waals surface area contributed by atoms with Crippen LogP contribution in [0.4, 0.5) is 22.7 Å². The molecule has 0 radical (unpaired) electrons. The second-order valence-corrected chi connectivity index (χ2v) is 18.6. The molecule has 4 aromatic carbocycles. The number of aromatic nitrogens is 2. The van der Waals surface area contributed by atoms with Crippen molar-refractivity contribution in [1.29, 1.82) is 0 Å². The number of pyridine rings is 2. The van der Waals surface area contributed by atoms with Gasteiger partial charge in [0.2, 0.25) is 0 Å². The van der Waals surface area contributed by atoms with Crippen LogP contribution < -0.4 is 29.8 Å². The Kier molecular flexibility index (Phi) is 17.9. The molecule has 2 aromatic heterocycles. The lowest BCUT2D eigenvalue weighted by Crippen LogP contribution is -2.58. The molecular formula is C57H76N10O2+4. The fourth-order valence-electron chi connectivity index (χ4n) is 8.03. The maximum absolute atomic E-state index is 14.7. The standard InChI is InChI=1S/C53H63N10O2.2C2H6/c1-37-18-22-44(23-19-37)58(6)56-39(3)42-26-30-60(31-27-42)35-62(8,9)34-54-48-16-12-14-46-50(48)53(65)51-47(52(46)64)15-13-17-49(51)55-41(5)63(10,11)36-61-32-28-43(29-33-61)40(4)57-59(7)45-24-20-38(2)21-25-45;2*1-2/h12-33,41H,34-36H2,1-11H3,(H-,54,55,65);2*1-2H3/q+3;;/p+1. The number of benzene rings is 4. The van der Waals surface area contributed by atoms with Gasteiger partial charge in [-0.25, -0.2) is 0 Å². The third kappa shape index (κ3) is 13.2. The SMILES string of the molecule is C/C(=N\N(C)c1ccc(C)cc1)c1cc[n+](C[N+](C)(C)CNc2cccc3c2C(=O)c2c(NC(C)[N+](C)(C)C[n+]4ccc(/C(C)=N/N(C)c5ccc(C)cc5)cc4)cccc2C3=O)cc1.CC.CC. The number of nitrogens with zero attached hydrogens (tertiary/aromatic N) is 8. The number of hydrogen-bond donors (Lipinski definition) is 2. The van der Waals surface area contributed by atoms with Crippen LogP contribution in [0.1, 0.15) is 103 Å². The third-order valence-electron chi connectivity index (χ3n) is 12.3. The first-order valence-corrected chi connectivity index (χ1v) is 24.1. The predicted molar refractivity (Wildman–Crippen MR) is 285 cm³/mol. The van der Waals surface area contributed by atoms with Gasteiger partial charge in [0.25, 0.3) is 13.3 Å². The zero-order valence-corrected chi connectivity index (χ0v) is 43.8. The van der Waals surface area contributed by atoms with Gasteiger partial charge in [0.15, 0.2) is 49.2 Å². The van der Waals surface area contributed by atoms with Crippen LogP contribution >= 0.6 is 0 Å². The first-order chi connectivity index (χ1) is 32.9. The lowest BCUT2D eigenvalue weighted by Gasteiger charge is -2.34. The van der Waals surface area contributed by atoms with E-state index in [0.29, 0.717) is 62.6 Å². The number of anilines is 4. The van der Waals surface area contributed by atoms with Crippen molar-refractivity contribution in [1.82, 2.24) is 0 Å². The number of fused-ring (bicyclic) bond motifs is 2. The molecule has 1 unspecified atom stereocenters. The van der Waals surface area contributed by atoms with Gasteiger partial charge in [0.1, 0.15) is 0 Å². The van der Waals surface area contributed by atoms with Gasteiger partial charge in [-0.2, -0.15) is 19.3 Å². The molecule has 6 aromatic rings. The summed E-state index contributed by atoms with van der Waals surface area (Å²) in [7, 11) is 12.5. The summed E-state index contributed by atoms with van der Waals surface area (Å²) < 4.78 is 5.41. The van der Waals surface area contributed by atoms with Crippen molar-refractivity contribution in [2.24, 2.45) is 10.2 Å². The second-order valence-electron chi connectivity index (χ2n) is 18.6. The van der Waals surface area contributed by atoms with E-state index in [4.69, 9.17) is 10.2 Å². The molecule has 1 aliphatic carbocycles. The minimum Gasteiger partial charge on any atom is -0.338 e. The number of hydrogen-bond acceptors (Lipinski definition) is 8. The van der Waals surface area contributed by atoms with Crippen molar-refractivity contribution in [2.45, 2.75) is 81.8 Å². The summed E-state index contributed by atoms with van der Waals surface area (Å²) >= 11 is 0. The Balaban J connectivity index is 0.00000216. The molecule has 0 fully saturated rings. The molecule has 1 atom stereocenters. The Morgan fingerprint density at radius 2 is 0.986 bits per heavy atom. The topological polar surface area (TPSA) is 97.2 Å². The zero-order chi connectivity index (χ0) is 50.6. The van der Waals surface area contributed by atoms with Gasteiger partial charge in [-0.3, -0.25) is 28.6 Å². The average Bonchev–Trinajstić information content (AvgIpc) is 3.34. The molecule has 0 bridgehead atoms. The molecule has 0 amide bonds. The number of nitrogens with one attached hydrogen (secondary N) is 2. The molecule has 2 N–H and O–H groups in total. The Labute approximate surface area is 412 Å². The first-order valence-electron chi connectivity index (χ1n) is 24.1. The largest absolute Gasteiger partial charge is 0.338 e. The molecule has 12 nitrogen and oxygen atoms in total. The van der Waals surface area contributed by atoms with Gasteiger partial charge < -0.3 is 10.6 Å². The fraction of sp³-hybridized carbons (Fsp3) is 0.333. The lowest BCUT2D eigenvalue weighted by atomic mass is 9.82. The van der Waals surface area contributed by atoms with Crippen molar-refractivity contribution in [3.8, 4) is 0 Å². The summed E-state index contributed by atoms with van der Waals surface area (Å²) in [5.74, 6) is -0.329. The minimum absolute atomic E-state index is 0.126. The van der Waals surface area contributed by atoms with Crippen LogP contribution in [0.5, 0.6) is 0 Å². The van der Waals surface area contributed by atoms with Gasteiger partial charge in [-0.05, 0) is 64.1 Å². The van der Waals surface area contributed by atoms with Crippen molar-refractivity contribution >= 4 is 45.7 Å². The van der Waals surface area contributed by atoms with Gasteiger partial charge >= 0.3 is 0 Å². The van der Waals surface area contributed by atoms with E-state index in [0.717, 1.165) is 33.9 Å². The van der Waals surface area contributed by atoms with E-state index in [1.165, 1.54) is 11.1 Å². The molecule has 69 heavy (non-hydrogen) atoms. The summed E-state index contributed by atoms with van der Waals surface area (Å²) in [6.45, 7) is 20.1. The molecule has 0 saturated carbocycles. The highest BCUT2D eigenvalue weighted by Gasteiger charge is 2.36. The molecule has 12 heteroatoms. The number of ketones is 2. The molecule has 1 aliphatic rings. The lowest BCUT2D eigenvalue weighted by molar-refractivity contribution is -1.04. The van der Waals surface area contributed by atoms with Crippen LogP contribution in [-0.2, 0) is 13.3 Å². The van der Waals surface area contributed by atoms with Gasteiger partial charge in [0, 0.05) is 67.5 Å². The quantitative estimate of drug-likeness (QED) is 0.0330. The van der Waals surface area contributed by atoms with Crippen molar-refractivity contribution in [3.05, 3.63) is 178 Å². The van der Waals surface area contributed by atoms with E-state index in [1.54, 1.807) is 12.1 Å². The van der Waals surface area contributed by atoms with Crippen LogP contribution in [0.3, 0.4) is 0 Å².